The van der Waals surface area contributed by atoms with Gasteiger partial charge in [0.25, 0.3) is 0 Å². The Morgan fingerprint density at radius 2 is 2.22 bits per heavy atom. The van der Waals surface area contributed by atoms with Crippen LogP contribution in [0.1, 0.15) is 11.7 Å². The molecule has 92 valence electrons. The maximum Gasteiger partial charge on any atom is 0.192 e. The summed E-state index contributed by atoms with van der Waals surface area (Å²) < 4.78 is 5.49. The van der Waals surface area contributed by atoms with Gasteiger partial charge in [-0.1, -0.05) is 17.7 Å². The molecule has 0 saturated heterocycles. The number of hydrogen-bond donors (Lipinski definition) is 2. The first-order valence-corrected chi connectivity index (χ1v) is 5.87. The number of nitrogens with one attached hydrogen (secondary N) is 1. The molecule has 6 heteroatoms. The van der Waals surface area contributed by atoms with Gasteiger partial charge in [0.1, 0.15) is 22.2 Å². The smallest absolute Gasteiger partial charge is 0.192 e. The van der Waals surface area contributed by atoms with Crippen LogP contribution in [0.25, 0.3) is 22.4 Å². The summed E-state index contributed by atoms with van der Waals surface area (Å²) in [7, 11) is 0. The van der Waals surface area contributed by atoms with Crippen LogP contribution in [-0.2, 0) is 6.54 Å². The molecular weight excluding hydrogens is 252 g/mol. The van der Waals surface area contributed by atoms with Crippen molar-refractivity contribution in [1.82, 2.24) is 15.0 Å². The minimum Gasteiger partial charge on any atom is -0.441 e. The van der Waals surface area contributed by atoms with Crippen LogP contribution in [0.5, 0.6) is 0 Å². The fourth-order valence-electron chi connectivity index (χ4n) is 1.87. The van der Waals surface area contributed by atoms with Gasteiger partial charge >= 0.3 is 0 Å². The zero-order valence-electron chi connectivity index (χ0n) is 9.70. The molecule has 0 saturated carbocycles. The predicted octanol–water partition coefficient (Wildman–Crippen LogP) is 2.64. The highest BCUT2D eigenvalue weighted by Crippen LogP contribution is 2.28. The van der Waals surface area contributed by atoms with E-state index in [1.165, 1.54) is 0 Å². The number of aryl methyl sites for hydroxylation is 1. The summed E-state index contributed by atoms with van der Waals surface area (Å²) in [5, 5.41) is 0.478. The topological polar surface area (TPSA) is 80.7 Å². The zero-order valence-corrected chi connectivity index (χ0v) is 10.5. The Morgan fingerprint density at radius 3 is 2.94 bits per heavy atom. The Labute approximate surface area is 108 Å². The first-order valence-electron chi connectivity index (χ1n) is 5.49. The van der Waals surface area contributed by atoms with Crippen LogP contribution < -0.4 is 5.73 Å². The first kappa shape index (κ1) is 11.3. The van der Waals surface area contributed by atoms with Crippen LogP contribution in [0.3, 0.4) is 0 Å². The van der Waals surface area contributed by atoms with Crippen LogP contribution >= 0.6 is 11.6 Å². The third-order valence-electron chi connectivity index (χ3n) is 2.67. The maximum atomic E-state index is 6.09. The van der Waals surface area contributed by atoms with Gasteiger partial charge in [0.05, 0.1) is 6.54 Å². The molecule has 0 radical (unpaired) electrons. The van der Waals surface area contributed by atoms with Crippen LogP contribution in [0.15, 0.2) is 22.6 Å². The summed E-state index contributed by atoms with van der Waals surface area (Å²) in [6.07, 6.45) is 0. The van der Waals surface area contributed by atoms with E-state index in [-0.39, 0.29) is 0 Å². The highest BCUT2D eigenvalue weighted by atomic mass is 35.5. The molecule has 18 heavy (non-hydrogen) atoms. The maximum absolute atomic E-state index is 6.09. The summed E-state index contributed by atoms with van der Waals surface area (Å²) in [4.78, 5) is 11.5. The number of nitrogens with two attached hydrogens (primary N) is 1. The minimum atomic E-state index is 0.323. The molecule has 0 fully saturated rings. The van der Waals surface area contributed by atoms with Crippen molar-refractivity contribution in [3.05, 3.63) is 35.1 Å². The second-order valence-electron chi connectivity index (χ2n) is 3.97. The SMILES string of the molecule is Cc1nc2ccc(-c3nc(CN)[nH]c3Cl)cc2o1. The Bertz CT molecular complexity index is 716. The number of hydrogen-bond acceptors (Lipinski definition) is 4. The lowest BCUT2D eigenvalue weighted by molar-refractivity contribution is 0.561. The lowest BCUT2D eigenvalue weighted by Gasteiger charge is -1.96. The van der Waals surface area contributed by atoms with Gasteiger partial charge in [0.2, 0.25) is 0 Å². The van der Waals surface area contributed by atoms with Crippen molar-refractivity contribution in [1.29, 1.82) is 0 Å². The van der Waals surface area contributed by atoms with Crippen LogP contribution in [-0.4, -0.2) is 15.0 Å². The number of rotatable bonds is 2. The number of benzene rings is 1. The van der Waals surface area contributed by atoms with Crippen molar-refractivity contribution in [2.24, 2.45) is 5.73 Å². The quantitative estimate of drug-likeness (QED) is 0.744. The number of nitrogens with zero attached hydrogens (tertiary/aromatic N) is 2. The Kier molecular flexibility index (Phi) is 2.57. The Balaban J connectivity index is 2.15. The van der Waals surface area contributed by atoms with E-state index in [0.717, 1.165) is 16.7 Å². The largest absolute Gasteiger partial charge is 0.441 e. The van der Waals surface area contributed by atoms with Gasteiger partial charge in [0, 0.05) is 12.5 Å². The molecule has 0 aliphatic rings. The van der Waals surface area contributed by atoms with Gasteiger partial charge in [-0.3, -0.25) is 0 Å². The van der Waals surface area contributed by atoms with Crippen LogP contribution in [0, 0.1) is 6.92 Å². The predicted molar refractivity (Wildman–Crippen MR) is 69.2 cm³/mol. The summed E-state index contributed by atoms with van der Waals surface area (Å²) in [6, 6.07) is 5.67. The lowest BCUT2D eigenvalue weighted by atomic mass is 10.1. The fraction of sp³-hybridized carbons (Fsp3) is 0.167. The van der Waals surface area contributed by atoms with E-state index in [1.54, 1.807) is 0 Å². The summed E-state index contributed by atoms with van der Waals surface area (Å²) >= 11 is 6.09. The summed E-state index contributed by atoms with van der Waals surface area (Å²) in [5.74, 6) is 1.29. The zero-order chi connectivity index (χ0) is 12.7. The van der Waals surface area contributed by atoms with E-state index >= 15 is 0 Å². The van der Waals surface area contributed by atoms with Crippen molar-refractivity contribution in [2.45, 2.75) is 13.5 Å². The average Bonchev–Trinajstić information content (AvgIpc) is 2.89. The van der Waals surface area contributed by atoms with Crippen molar-refractivity contribution in [2.75, 3.05) is 0 Å². The molecule has 3 rings (SSSR count). The third kappa shape index (κ3) is 1.77. The van der Waals surface area contributed by atoms with Gasteiger partial charge < -0.3 is 15.1 Å². The molecule has 0 spiro atoms. The Morgan fingerprint density at radius 1 is 1.39 bits per heavy atom. The number of imidazole rings is 1. The fourth-order valence-corrected chi connectivity index (χ4v) is 2.13. The van der Waals surface area contributed by atoms with E-state index in [9.17, 15) is 0 Å². The van der Waals surface area contributed by atoms with Gasteiger partial charge in [-0.15, -0.1) is 0 Å². The Hall–Kier alpha value is -1.85. The average molecular weight is 263 g/mol. The van der Waals surface area contributed by atoms with E-state index in [0.29, 0.717) is 29.1 Å². The number of fused-ring (bicyclic) bond motifs is 1. The molecule has 5 nitrogen and oxygen atoms in total. The molecular formula is C12H11ClN4O. The highest BCUT2D eigenvalue weighted by Gasteiger charge is 2.12. The van der Waals surface area contributed by atoms with Crippen LogP contribution in [0.2, 0.25) is 5.15 Å². The van der Waals surface area contributed by atoms with E-state index in [2.05, 4.69) is 15.0 Å². The lowest BCUT2D eigenvalue weighted by Crippen LogP contribution is -1.97. The van der Waals surface area contributed by atoms with E-state index in [1.807, 2.05) is 25.1 Å². The molecule has 0 amide bonds. The van der Waals surface area contributed by atoms with E-state index in [4.69, 9.17) is 21.8 Å². The molecule has 0 atom stereocenters. The van der Waals surface area contributed by atoms with Crippen molar-refractivity contribution in [3.63, 3.8) is 0 Å². The molecule has 3 aromatic rings. The summed E-state index contributed by atoms with van der Waals surface area (Å²) in [6.45, 7) is 2.14. The molecule has 2 heterocycles. The molecule has 0 aliphatic carbocycles. The molecule has 3 N–H and O–H groups in total. The number of aromatic nitrogens is 3. The number of oxazole rings is 1. The molecule has 2 aromatic heterocycles. The van der Waals surface area contributed by atoms with Gasteiger partial charge in [0.15, 0.2) is 11.5 Å². The minimum absolute atomic E-state index is 0.323. The molecule has 1 aromatic carbocycles. The second-order valence-corrected chi connectivity index (χ2v) is 4.34. The summed E-state index contributed by atoms with van der Waals surface area (Å²) in [5.41, 5.74) is 8.61. The van der Waals surface area contributed by atoms with Crippen molar-refractivity contribution >= 4 is 22.7 Å². The first-order chi connectivity index (χ1) is 8.67. The van der Waals surface area contributed by atoms with E-state index < -0.39 is 0 Å². The van der Waals surface area contributed by atoms with Gasteiger partial charge in [-0.05, 0) is 12.1 Å². The molecule has 0 unspecified atom stereocenters. The van der Waals surface area contributed by atoms with Gasteiger partial charge in [-0.25, -0.2) is 9.97 Å². The van der Waals surface area contributed by atoms with Crippen molar-refractivity contribution in [3.8, 4) is 11.3 Å². The monoisotopic (exact) mass is 262 g/mol. The standard InChI is InChI=1S/C12H11ClN4O/c1-6-15-8-3-2-7(4-9(8)18-6)11-12(13)17-10(5-14)16-11/h2-4H,5,14H2,1H3,(H,16,17). The van der Waals surface area contributed by atoms with Gasteiger partial charge in [-0.2, -0.15) is 0 Å². The van der Waals surface area contributed by atoms with Crippen LogP contribution in [0.4, 0.5) is 0 Å². The third-order valence-corrected chi connectivity index (χ3v) is 2.94. The molecule has 0 bridgehead atoms. The second kappa shape index (κ2) is 4.12. The number of halogens is 1. The normalized spacial score (nSPS) is 11.3. The number of aromatic amines is 1. The highest BCUT2D eigenvalue weighted by molar-refractivity contribution is 6.32. The molecule has 0 aliphatic heterocycles. The number of H-pyrrole nitrogens is 1. The van der Waals surface area contributed by atoms with Crippen molar-refractivity contribution < 1.29 is 4.42 Å².